The first kappa shape index (κ1) is 12.2. The summed E-state index contributed by atoms with van der Waals surface area (Å²) in [6.07, 6.45) is 0. The molecule has 90 valence electrons. The van der Waals surface area contributed by atoms with Crippen LogP contribution in [0.4, 0.5) is 0 Å². The molecular formula is C15H14N2O. The smallest absolute Gasteiger partial charge is 0.124 e. The Morgan fingerprint density at radius 2 is 1.78 bits per heavy atom. The van der Waals surface area contributed by atoms with E-state index in [2.05, 4.69) is 6.07 Å². The van der Waals surface area contributed by atoms with Crippen LogP contribution < -0.4 is 10.5 Å². The first-order chi connectivity index (χ1) is 8.83. The van der Waals surface area contributed by atoms with E-state index in [-0.39, 0.29) is 0 Å². The lowest BCUT2D eigenvalue weighted by molar-refractivity contribution is 0.303. The second kappa shape index (κ2) is 5.85. The van der Waals surface area contributed by atoms with Gasteiger partial charge in [0.25, 0.3) is 0 Å². The van der Waals surface area contributed by atoms with Crippen LogP contribution in [-0.2, 0) is 13.2 Å². The first-order valence-corrected chi connectivity index (χ1v) is 5.73. The number of ether oxygens (including phenoxy) is 1. The molecule has 0 saturated heterocycles. The number of rotatable bonds is 4. The van der Waals surface area contributed by atoms with Gasteiger partial charge in [-0.3, -0.25) is 0 Å². The van der Waals surface area contributed by atoms with Gasteiger partial charge >= 0.3 is 0 Å². The molecule has 0 radical (unpaired) electrons. The highest BCUT2D eigenvalue weighted by Gasteiger charge is 2.01. The molecular weight excluding hydrogens is 224 g/mol. The highest BCUT2D eigenvalue weighted by Crippen LogP contribution is 2.18. The Balaban J connectivity index is 2.04. The van der Waals surface area contributed by atoms with E-state index in [1.807, 2.05) is 36.4 Å². The van der Waals surface area contributed by atoms with Gasteiger partial charge < -0.3 is 10.5 Å². The van der Waals surface area contributed by atoms with Gasteiger partial charge in [-0.1, -0.05) is 30.3 Å². The fourth-order valence-electron chi connectivity index (χ4n) is 1.65. The summed E-state index contributed by atoms with van der Waals surface area (Å²) in [5.74, 6) is 0.810. The van der Waals surface area contributed by atoms with Crippen molar-refractivity contribution >= 4 is 0 Å². The third kappa shape index (κ3) is 2.88. The Morgan fingerprint density at radius 3 is 2.44 bits per heavy atom. The Hall–Kier alpha value is -2.31. The van der Waals surface area contributed by atoms with Crippen molar-refractivity contribution in [2.45, 2.75) is 13.2 Å². The van der Waals surface area contributed by atoms with Gasteiger partial charge in [-0.2, -0.15) is 5.26 Å². The van der Waals surface area contributed by atoms with Crippen LogP contribution in [0.25, 0.3) is 0 Å². The number of nitrogens with zero attached hydrogens (tertiary/aromatic N) is 1. The average molecular weight is 238 g/mol. The fourth-order valence-corrected chi connectivity index (χ4v) is 1.65. The van der Waals surface area contributed by atoms with Crippen LogP contribution in [0.1, 0.15) is 16.7 Å². The molecule has 2 N–H and O–H groups in total. The van der Waals surface area contributed by atoms with Gasteiger partial charge in [-0.05, 0) is 23.8 Å². The third-order valence-corrected chi connectivity index (χ3v) is 2.67. The molecule has 0 bridgehead atoms. The highest BCUT2D eigenvalue weighted by atomic mass is 16.5. The molecule has 0 aromatic heterocycles. The van der Waals surface area contributed by atoms with Gasteiger partial charge in [-0.25, -0.2) is 0 Å². The molecule has 0 amide bonds. The maximum absolute atomic E-state index is 8.71. The largest absolute Gasteiger partial charge is 0.489 e. The van der Waals surface area contributed by atoms with Crippen molar-refractivity contribution in [3.05, 3.63) is 65.2 Å². The minimum absolute atomic E-state index is 0.462. The van der Waals surface area contributed by atoms with Gasteiger partial charge in [0.15, 0.2) is 0 Å². The van der Waals surface area contributed by atoms with E-state index in [1.165, 1.54) is 0 Å². The second-order valence-corrected chi connectivity index (χ2v) is 3.91. The zero-order valence-corrected chi connectivity index (χ0v) is 9.97. The summed E-state index contributed by atoms with van der Waals surface area (Å²) in [7, 11) is 0. The maximum atomic E-state index is 8.71. The van der Waals surface area contributed by atoms with Crippen molar-refractivity contribution in [2.75, 3.05) is 0 Å². The van der Waals surface area contributed by atoms with E-state index in [9.17, 15) is 0 Å². The molecule has 0 atom stereocenters. The lowest BCUT2D eigenvalue weighted by Crippen LogP contribution is -2.02. The normalized spacial score (nSPS) is 9.78. The molecule has 0 heterocycles. The van der Waals surface area contributed by atoms with Crippen LogP contribution in [0, 0.1) is 11.3 Å². The Kier molecular flexibility index (Phi) is 3.95. The summed E-state index contributed by atoms with van der Waals surface area (Å²) in [6, 6.07) is 17.2. The molecule has 2 aromatic rings. The summed E-state index contributed by atoms with van der Waals surface area (Å²) in [4.78, 5) is 0. The van der Waals surface area contributed by atoms with Gasteiger partial charge in [-0.15, -0.1) is 0 Å². The summed E-state index contributed by atoms with van der Waals surface area (Å²) in [5.41, 5.74) is 8.32. The lowest BCUT2D eigenvalue weighted by atomic mass is 10.1. The van der Waals surface area contributed by atoms with Crippen LogP contribution in [0.2, 0.25) is 0 Å². The predicted molar refractivity (Wildman–Crippen MR) is 69.8 cm³/mol. The van der Waals surface area contributed by atoms with Crippen molar-refractivity contribution in [2.24, 2.45) is 5.73 Å². The van der Waals surface area contributed by atoms with E-state index in [0.29, 0.717) is 18.7 Å². The van der Waals surface area contributed by atoms with Gasteiger partial charge in [0.2, 0.25) is 0 Å². The van der Waals surface area contributed by atoms with Crippen LogP contribution in [0.3, 0.4) is 0 Å². The van der Waals surface area contributed by atoms with Crippen LogP contribution in [0.5, 0.6) is 5.75 Å². The van der Waals surface area contributed by atoms with Gasteiger partial charge in [0.05, 0.1) is 11.6 Å². The molecule has 2 aromatic carbocycles. The second-order valence-electron chi connectivity index (χ2n) is 3.91. The number of para-hydroxylation sites is 1. The van der Waals surface area contributed by atoms with Crippen LogP contribution >= 0.6 is 0 Å². The molecule has 3 heteroatoms. The molecule has 3 nitrogen and oxygen atoms in total. The molecule has 0 unspecified atom stereocenters. The van der Waals surface area contributed by atoms with Crippen molar-refractivity contribution in [3.63, 3.8) is 0 Å². The molecule has 0 aliphatic rings. The summed E-state index contributed by atoms with van der Waals surface area (Å²) in [5, 5.41) is 8.71. The van der Waals surface area contributed by atoms with Crippen LogP contribution in [-0.4, -0.2) is 0 Å². The lowest BCUT2D eigenvalue weighted by Gasteiger charge is -2.10. The fraction of sp³-hybridized carbons (Fsp3) is 0.133. The molecule has 0 aliphatic heterocycles. The van der Waals surface area contributed by atoms with Crippen molar-refractivity contribution in [3.8, 4) is 11.8 Å². The molecule has 2 rings (SSSR count). The first-order valence-electron chi connectivity index (χ1n) is 5.73. The van der Waals surface area contributed by atoms with Gasteiger partial charge in [0, 0.05) is 12.1 Å². The summed E-state index contributed by atoms with van der Waals surface area (Å²) in [6.45, 7) is 0.937. The molecule has 0 aliphatic carbocycles. The Bertz CT molecular complexity index is 555. The summed E-state index contributed by atoms with van der Waals surface area (Å²) < 4.78 is 5.72. The van der Waals surface area contributed by atoms with E-state index in [0.717, 1.165) is 16.9 Å². The Labute approximate surface area is 106 Å². The number of hydrogen-bond donors (Lipinski definition) is 1. The molecule has 18 heavy (non-hydrogen) atoms. The highest BCUT2D eigenvalue weighted by molar-refractivity contribution is 5.34. The number of benzene rings is 2. The number of nitrogens with two attached hydrogens (primary N) is 1. The Morgan fingerprint density at radius 1 is 1.06 bits per heavy atom. The topological polar surface area (TPSA) is 59.0 Å². The zero-order valence-electron chi connectivity index (χ0n) is 9.97. The maximum Gasteiger partial charge on any atom is 0.124 e. The van der Waals surface area contributed by atoms with Crippen LogP contribution in [0.15, 0.2) is 48.5 Å². The molecule has 0 fully saturated rings. The van der Waals surface area contributed by atoms with Crippen molar-refractivity contribution in [1.29, 1.82) is 5.26 Å². The van der Waals surface area contributed by atoms with E-state index < -0.39 is 0 Å². The quantitative estimate of drug-likeness (QED) is 0.890. The SMILES string of the molecule is N#Cc1ccc(COc2ccccc2CN)cc1. The average Bonchev–Trinajstić information content (AvgIpc) is 2.46. The number of nitriles is 1. The standard InChI is InChI=1S/C15H14N2O/c16-9-12-5-7-13(8-6-12)11-18-15-4-2-1-3-14(15)10-17/h1-8H,10-11,17H2. The monoisotopic (exact) mass is 238 g/mol. The van der Waals surface area contributed by atoms with Crippen molar-refractivity contribution < 1.29 is 4.74 Å². The van der Waals surface area contributed by atoms with E-state index >= 15 is 0 Å². The minimum atomic E-state index is 0.462. The van der Waals surface area contributed by atoms with Gasteiger partial charge in [0.1, 0.15) is 12.4 Å². The molecule has 0 spiro atoms. The minimum Gasteiger partial charge on any atom is -0.489 e. The predicted octanol–water partition coefficient (Wildman–Crippen LogP) is 2.60. The van der Waals surface area contributed by atoms with Crippen molar-refractivity contribution in [1.82, 2.24) is 0 Å². The van der Waals surface area contributed by atoms with E-state index in [1.54, 1.807) is 12.1 Å². The zero-order chi connectivity index (χ0) is 12.8. The number of hydrogen-bond acceptors (Lipinski definition) is 3. The summed E-state index contributed by atoms with van der Waals surface area (Å²) >= 11 is 0. The van der Waals surface area contributed by atoms with E-state index in [4.69, 9.17) is 15.7 Å². The molecule has 0 saturated carbocycles. The third-order valence-electron chi connectivity index (χ3n) is 2.67.